The SMILES string of the molecule is CN=C(NCc1cccnc1OCCOC)N1CCC(CC(C)C)C1.I. The Bertz CT molecular complexity index is 554. The molecule has 1 unspecified atom stereocenters. The van der Waals surface area contributed by atoms with Gasteiger partial charge >= 0.3 is 0 Å². The number of guanidine groups is 1. The van der Waals surface area contributed by atoms with Crippen LogP contribution in [0.4, 0.5) is 0 Å². The zero-order valence-electron chi connectivity index (χ0n) is 16.4. The van der Waals surface area contributed by atoms with E-state index in [0.29, 0.717) is 25.6 Å². The van der Waals surface area contributed by atoms with Crippen LogP contribution in [0.3, 0.4) is 0 Å². The van der Waals surface area contributed by atoms with Crippen molar-refractivity contribution in [1.29, 1.82) is 0 Å². The van der Waals surface area contributed by atoms with Crippen molar-refractivity contribution < 1.29 is 9.47 Å². The van der Waals surface area contributed by atoms with Crippen molar-refractivity contribution in [1.82, 2.24) is 15.2 Å². The summed E-state index contributed by atoms with van der Waals surface area (Å²) in [5.41, 5.74) is 1.03. The Morgan fingerprint density at radius 1 is 1.42 bits per heavy atom. The number of hydrogen-bond acceptors (Lipinski definition) is 4. The van der Waals surface area contributed by atoms with Gasteiger partial charge < -0.3 is 19.7 Å². The van der Waals surface area contributed by atoms with Gasteiger partial charge in [-0.1, -0.05) is 19.9 Å². The molecule has 1 saturated heterocycles. The molecule has 0 saturated carbocycles. The van der Waals surface area contributed by atoms with E-state index in [1.807, 2.05) is 19.2 Å². The number of hydrogen-bond donors (Lipinski definition) is 1. The Hall–Kier alpha value is -1.09. The Kier molecular flexibility index (Phi) is 10.9. The lowest BCUT2D eigenvalue weighted by Crippen LogP contribution is -2.39. The Labute approximate surface area is 174 Å². The molecule has 1 aromatic rings. The largest absolute Gasteiger partial charge is 0.475 e. The van der Waals surface area contributed by atoms with Crippen LogP contribution in [0, 0.1) is 11.8 Å². The summed E-state index contributed by atoms with van der Waals surface area (Å²) < 4.78 is 10.7. The molecule has 1 N–H and O–H groups in total. The number of nitrogens with zero attached hydrogens (tertiary/aromatic N) is 3. The van der Waals surface area contributed by atoms with Crippen LogP contribution >= 0.6 is 24.0 Å². The van der Waals surface area contributed by atoms with Gasteiger partial charge in [-0.15, -0.1) is 24.0 Å². The van der Waals surface area contributed by atoms with Gasteiger partial charge in [0, 0.05) is 45.6 Å². The number of likely N-dealkylation sites (tertiary alicyclic amines) is 1. The van der Waals surface area contributed by atoms with Crippen LogP contribution in [0.5, 0.6) is 5.88 Å². The third kappa shape index (κ3) is 7.26. The van der Waals surface area contributed by atoms with E-state index in [-0.39, 0.29) is 24.0 Å². The van der Waals surface area contributed by atoms with Gasteiger partial charge in [0.1, 0.15) is 6.61 Å². The van der Waals surface area contributed by atoms with E-state index >= 15 is 0 Å². The fourth-order valence-electron chi connectivity index (χ4n) is 3.30. The minimum absolute atomic E-state index is 0. The second-order valence-electron chi connectivity index (χ2n) is 6.94. The van der Waals surface area contributed by atoms with Crippen molar-refractivity contribution in [2.24, 2.45) is 16.8 Å². The van der Waals surface area contributed by atoms with Crippen LogP contribution in [0.2, 0.25) is 0 Å². The summed E-state index contributed by atoms with van der Waals surface area (Å²) in [6, 6.07) is 3.96. The molecule has 6 nitrogen and oxygen atoms in total. The predicted octanol–water partition coefficient (Wildman–Crippen LogP) is 3.17. The number of pyridine rings is 1. The normalized spacial score (nSPS) is 17.3. The van der Waals surface area contributed by atoms with E-state index in [4.69, 9.17) is 9.47 Å². The van der Waals surface area contributed by atoms with Gasteiger partial charge in [0.05, 0.1) is 6.61 Å². The van der Waals surface area contributed by atoms with Gasteiger partial charge in [-0.2, -0.15) is 0 Å². The van der Waals surface area contributed by atoms with Gasteiger partial charge in [0.15, 0.2) is 5.96 Å². The molecule has 2 rings (SSSR count). The lowest BCUT2D eigenvalue weighted by atomic mass is 9.97. The molecular weight excluding hydrogens is 443 g/mol. The van der Waals surface area contributed by atoms with Crippen molar-refractivity contribution in [3.8, 4) is 5.88 Å². The third-order valence-corrected chi connectivity index (χ3v) is 4.42. The Balaban J connectivity index is 0.00000338. The summed E-state index contributed by atoms with van der Waals surface area (Å²) in [4.78, 5) is 11.1. The highest BCUT2D eigenvalue weighted by Gasteiger charge is 2.25. The van der Waals surface area contributed by atoms with Crippen molar-refractivity contribution in [3.05, 3.63) is 23.9 Å². The van der Waals surface area contributed by atoms with Crippen LogP contribution in [-0.2, 0) is 11.3 Å². The van der Waals surface area contributed by atoms with Gasteiger partial charge in [-0.25, -0.2) is 4.98 Å². The van der Waals surface area contributed by atoms with Crippen LogP contribution in [0.1, 0.15) is 32.3 Å². The maximum absolute atomic E-state index is 5.70. The van der Waals surface area contributed by atoms with E-state index < -0.39 is 0 Å². The number of halogens is 1. The average Bonchev–Trinajstić information content (AvgIpc) is 3.04. The predicted molar refractivity (Wildman–Crippen MR) is 116 cm³/mol. The summed E-state index contributed by atoms with van der Waals surface area (Å²) in [5, 5.41) is 3.46. The van der Waals surface area contributed by atoms with Gasteiger partial charge in [0.2, 0.25) is 5.88 Å². The number of aliphatic imine (C=N–C) groups is 1. The van der Waals surface area contributed by atoms with E-state index in [2.05, 4.69) is 34.0 Å². The van der Waals surface area contributed by atoms with E-state index in [9.17, 15) is 0 Å². The fraction of sp³-hybridized carbons (Fsp3) is 0.684. The zero-order valence-corrected chi connectivity index (χ0v) is 18.7. The lowest BCUT2D eigenvalue weighted by molar-refractivity contribution is 0.143. The minimum Gasteiger partial charge on any atom is -0.475 e. The lowest BCUT2D eigenvalue weighted by Gasteiger charge is -2.22. The van der Waals surface area contributed by atoms with Crippen molar-refractivity contribution in [3.63, 3.8) is 0 Å². The molecular formula is C19H33IN4O2. The molecule has 0 aliphatic carbocycles. The third-order valence-electron chi connectivity index (χ3n) is 4.42. The highest BCUT2D eigenvalue weighted by Crippen LogP contribution is 2.23. The molecule has 26 heavy (non-hydrogen) atoms. The molecule has 0 aromatic carbocycles. The van der Waals surface area contributed by atoms with Crippen LogP contribution in [0.15, 0.2) is 23.3 Å². The van der Waals surface area contributed by atoms with Gasteiger partial charge in [-0.05, 0) is 30.7 Å². The van der Waals surface area contributed by atoms with E-state index in [0.717, 1.165) is 36.4 Å². The number of rotatable bonds is 8. The van der Waals surface area contributed by atoms with Crippen LogP contribution in [-0.4, -0.2) is 56.3 Å². The van der Waals surface area contributed by atoms with Crippen LogP contribution in [0.25, 0.3) is 0 Å². The quantitative estimate of drug-likeness (QED) is 0.271. The topological polar surface area (TPSA) is 59.0 Å². The molecule has 1 aromatic heterocycles. The molecule has 1 fully saturated rings. The second-order valence-corrected chi connectivity index (χ2v) is 6.94. The number of methoxy groups -OCH3 is 1. The highest BCUT2D eigenvalue weighted by molar-refractivity contribution is 14.0. The molecule has 148 valence electrons. The maximum atomic E-state index is 5.70. The zero-order chi connectivity index (χ0) is 18.1. The molecule has 0 radical (unpaired) electrons. The summed E-state index contributed by atoms with van der Waals surface area (Å²) in [5.74, 6) is 3.13. The first-order chi connectivity index (χ1) is 12.1. The van der Waals surface area contributed by atoms with E-state index in [1.54, 1.807) is 13.3 Å². The van der Waals surface area contributed by atoms with Gasteiger partial charge in [0.25, 0.3) is 0 Å². The van der Waals surface area contributed by atoms with Crippen molar-refractivity contribution in [2.45, 2.75) is 33.2 Å². The molecule has 1 atom stereocenters. The first-order valence-corrected chi connectivity index (χ1v) is 9.15. The van der Waals surface area contributed by atoms with Crippen molar-refractivity contribution >= 4 is 29.9 Å². The van der Waals surface area contributed by atoms with Crippen molar-refractivity contribution in [2.75, 3.05) is 40.5 Å². The molecule has 7 heteroatoms. The Morgan fingerprint density at radius 2 is 2.23 bits per heavy atom. The maximum Gasteiger partial charge on any atom is 0.218 e. The first-order valence-electron chi connectivity index (χ1n) is 9.15. The highest BCUT2D eigenvalue weighted by atomic mass is 127. The number of nitrogens with one attached hydrogen (secondary N) is 1. The monoisotopic (exact) mass is 476 g/mol. The minimum atomic E-state index is 0. The molecule has 0 spiro atoms. The molecule has 1 aliphatic heterocycles. The summed E-state index contributed by atoms with van der Waals surface area (Å²) in [6.45, 7) is 8.44. The van der Waals surface area contributed by atoms with Gasteiger partial charge in [-0.3, -0.25) is 4.99 Å². The molecule has 0 bridgehead atoms. The molecule has 1 aliphatic rings. The second kappa shape index (κ2) is 12.3. The standard InChI is InChI=1S/C19H32N4O2.HI/c1-15(2)12-16-7-9-23(14-16)19(20-3)22-13-17-6-5-8-21-18(17)25-11-10-24-4;/h5-6,8,15-16H,7,9-14H2,1-4H3,(H,20,22);1H. The molecule has 0 amide bonds. The number of aromatic nitrogens is 1. The number of ether oxygens (including phenoxy) is 2. The summed E-state index contributed by atoms with van der Waals surface area (Å²) >= 11 is 0. The Morgan fingerprint density at radius 3 is 2.92 bits per heavy atom. The fourth-order valence-corrected chi connectivity index (χ4v) is 3.30. The first kappa shape index (κ1) is 23.0. The van der Waals surface area contributed by atoms with E-state index in [1.165, 1.54) is 12.8 Å². The van der Waals surface area contributed by atoms with Crippen LogP contribution < -0.4 is 10.1 Å². The average molecular weight is 476 g/mol. The summed E-state index contributed by atoms with van der Waals surface area (Å²) in [7, 11) is 3.51. The smallest absolute Gasteiger partial charge is 0.218 e. The summed E-state index contributed by atoms with van der Waals surface area (Å²) in [6.07, 6.45) is 4.28. The molecule has 2 heterocycles.